The number of halogens is 5. The minimum atomic E-state index is -4.63. The van der Waals surface area contributed by atoms with Crippen LogP contribution in [0.1, 0.15) is 22.8 Å². The maximum atomic E-state index is 13.0. The van der Waals surface area contributed by atoms with Gasteiger partial charge in [0.1, 0.15) is 5.75 Å². The third kappa shape index (κ3) is 4.42. The zero-order valence-electron chi connectivity index (χ0n) is 12.4. The zero-order valence-corrected chi connectivity index (χ0v) is 14.7. The van der Waals surface area contributed by atoms with Gasteiger partial charge in [0.05, 0.1) is 22.3 Å². The van der Waals surface area contributed by atoms with Crippen molar-refractivity contribution in [1.82, 2.24) is 0 Å². The van der Waals surface area contributed by atoms with Crippen molar-refractivity contribution in [2.75, 3.05) is 11.9 Å². The largest absolute Gasteiger partial charge is 0.493 e. The van der Waals surface area contributed by atoms with Crippen LogP contribution in [0.5, 0.6) is 5.75 Å². The lowest BCUT2D eigenvalue weighted by Crippen LogP contribution is -2.16. The van der Waals surface area contributed by atoms with Crippen molar-refractivity contribution in [3.63, 3.8) is 0 Å². The quantitative estimate of drug-likeness (QED) is 0.679. The van der Waals surface area contributed by atoms with Crippen LogP contribution in [0, 0.1) is 0 Å². The Kier molecular flexibility index (Phi) is 5.77. The molecule has 128 valence electrons. The number of ether oxygens (including phenoxy) is 1. The van der Waals surface area contributed by atoms with Crippen LogP contribution in [0.25, 0.3) is 0 Å². The van der Waals surface area contributed by atoms with Crippen molar-refractivity contribution in [3.8, 4) is 5.75 Å². The lowest BCUT2D eigenvalue weighted by molar-refractivity contribution is -0.136. The number of hydrogen-bond acceptors (Lipinski definition) is 2. The van der Waals surface area contributed by atoms with Crippen LogP contribution >= 0.6 is 27.5 Å². The van der Waals surface area contributed by atoms with E-state index in [4.69, 9.17) is 16.3 Å². The first-order valence-corrected chi connectivity index (χ1v) is 8.00. The van der Waals surface area contributed by atoms with Gasteiger partial charge in [0.2, 0.25) is 0 Å². The Morgan fingerprint density at radius 3 is 2.54 bits per heavy atom. The van der Waals surface area contributed by atoms with Crippen molar-refractivity contribution in [2.24, 2.45) is 0 Å². The standard InChI is InChI=1S/C16H12BrClF3NO2/c1-2-24-14-6-3-9(7-12(14)17)15(23)22-13-5-4-10(18)8-11(13)16(19,20)21/h3-8H,2H2,1H3,(H,22,23). The van der Waals surface area contributed by atoms with Crippen LogP contribution in [0.2, 0.25) is 5.02 Å². The van der Waals surface area contributed by atoms with Gasteiger partial charge in [-0.2, -0.15) is 13.2 Å². The molecule has 8 heteroatoms. The summed E-state index contributed by atoms with van der Waals surface area (Å²) in [5, 5.41) is 2.19. The van der Waals surface area contributed by atoms with Gasteiger partial charge in [-0.1, -0.05) is 11.6 Å². The molecule has 0 aliphatic carbocycles. The SMILES string of the molecule is CCOc1ccc(C(=O)Nc2ccc(Cl)cc2C(F)(F)F)cc1Br. The molecule has 24 heavy (non-hydrogen) atoms. The highest BCUT2D eigenvalue weighted by Gasteiger charge is 2.34. The summed E-state index contributed by atoms with van der Waals surface area (Å²) in [4.78, 5) is 12.2. The summed E-state index contributed by atoms with van der Waals surface area (Å²) >= 11 is 8.87. The Balaban J connectivity index is 2.29. The Bertz CT molecular complexity index is 765. The molecule has 0 unspecified atom stereocenters. The minimum absolute atomic E-state index is 0.0656. The fourth-order valence-corrected chi connectivity index (χ4v) is 2.63. The van der Waals surface area contributed by atoms with Crippen molar-refractivity contribution in [2.45, 2.75) is 13.1 Å². The summed E-state index contributed by atoms with van der Waals surface area (Å²) in [7, 11) is 0. The number of anilines is 1. The van der Waals surface area contributed by atoms with Crippen molar-refractivity contribution < 1.29 is 22.7 Å². The molecule has 0 bridgehead atoms. The smallest absolute Gasteiger partial charge is 0.418 e. The number of carbonyl (C=O) groups excluding carboxylic acids is 1. The Morgan fingerprint density at radius 2 is 1.96 bits per heavy atom. The molecule has 0 saturated carbocycles. The number of rotatable bonds is 4. The third-order valence-electron chi connectivity index (χ3n) is 3.03. The third-order valence-corrected chi connectivity index (χ3v) is 3.88. The molecule has 0 saturated heterocycles. The van der Waals surface area contributed by atoms with Crippen LogP contribution < -0.4 is 10.1 Å². The van der Waals surface area contributed by atoms with Crippen LogP contribution in [0.4, 0.5) is 18.9 Å². The first-order valence-electron chi connectivity index (χ1n) is 6.83. The Labute approximate surface area is 149 Å². The van der Waals surface area contributed by atoms with E-state index in [9.17, 15) is 18.0 Å². The predicted octanol–water partition coefficient (Wildman–Crippen LogP) is 5.77. The van der Waals surface area contributed by atoms with E-state index in [1.807, 2.05) is 6.92 Å². The molecule has 2 aromatic carbocycles. The van der Waals surface area contributed by atoms with E-state index < -0.39 is 17.6 Å². The number of carbonyl (C=O) groups is 1. The predicted molar refractivity (Wildman–Crippen MR) is 89.7 cm³/mol. The molecule has 0 radical (unpaired) electrons. The molecule has 0 heterocycles. The summed E-state index contributed by atoms with van der Waals surface area (Å²) < 4.78 is 45.0. The molecule has 0 atom stereocenters. The maximum Gasteiger partial charge on any atom is 0.418 e. The van der Waals surface area contributed by atoms with Crippen molar-refractivity contribution in [1.29, 1.82) is 0 Å². The molecule has 0 spiro atoms. The minimum Gasteiger partial charge on any atom is -0.493 e. The van der Waals surface area contributed by atoms with E-state index in [0.717, 1.165) is 12.1 Å². The number of alkyl halides is 3. The molecule has 0 aliphatic rings. The molecule has 2 rings (SSSR count). The summed E-state index contributed by atoms with van der Waals surface area (Å²) in [6.07, 6.45) is -4.63. The lowest BCUT2D eigenvalue weighted by Gasteiger charge is -2.14. The Morgan fingerprint density at radius 1 is 1.25 bits per heavy atom. The number of nitrogens with one attached hydrogen (secondary N) is 1. The van der Waals surface area contributed by atoms with Crippen LogP contribution in [-0.4, -0.2) is 12.5 Å². The molecule has 1 N–H and O–H groups in total. The van der Waals surface area contributed by atoms with Gasteiger partial charge in [-0.15, -0.1) is 0 Å². The van der Waals surface area contributed by atoms with E-state index in [1.165, 1.54) is 18.2 Å². The van der Waals surface area contributed by atoms with Gasteiger partial charge in [-0.3, -0.25) is 4.79 Å². The van der Waals surface area contributed by atoms with E-state index in [2.05, 4.69) is 21.2 Å². The number of benzene rings is 2. The zero-order chi connectivity index (χ0) is 17.9. The van der Waals surface area contributed by atoms with Crippen molar-refractivity contribution >= 4 is 39.1 Å². The normalized spacial score (nSPS) is 11.2. The van der Waals surface area contributed by atoms with Gasteiger partial charge >= 0.3 is 6.18 Å². The molecule has 0 aromatic heterocycles. The van der Waals surface area contributed by atoms with E-state index in [1.54, 1.807) is 6.07 Å². The van der Waals surface area contributed by atoms with Crippen LogP contribution in [0.3, 0.4) is 0 Å². The second-order valence-electron chi connectivity index (χ2n) is 4.72. The van der Waals surface area contributed by atoms with Crippen LogP contribution in [0.15, 0.2) is 40.9 Å². The van der Waals surface area contributed by atoms with Crippen molar-refractivity contribution in [3.05, 3.63) is 57.0 Å². The fraction of sp³-hybridized carbons (Fsp3) is 0.188. The summed E-state index contributed by atoms with van der Waals surface area (Å²) in [6.45, 7) is 2.26. The fourth-order valence-electron chi connectivity index (χ4n) is 1.97. The van der Waals surface area contributed by atoms with Gasteiger partial charge in [-0.05, 0) is 59.3 Å². The average molecular weight is 423 g/mol. The van der Waals surface area contributed by atoms with Gasteiger partial charge in [-0.25, -0.2) is 0 Å². The molecule has 2 aromatic rings. The van der Waals surface area contributed by atoms with Gasteiger partial charge < -0.3 is 10.1 Å². The highest BCUT2D eigenvalue weighted by atomic mass is 79.9. The average Bonchev–Trinajstić information content (AvgIpc) is 2.50. The van der Waals surface area contributed by atoms with Gasteiger partial charge in [0.15, 0.2) is 0 Å². The number of amides is 1. The second-order valence-corrected chi connectivity index (χ2v) is 6.01. The second kappa shape index (κ2) is 7.44. The highest BCUT2D eigenvalue weighted by Crippen LogP contribution is 2.36. The highest BCUT2D eigenvalue weighted by molar-refractivity contribution is 9.10. The monoisotopic (exact) mass is 421 g/mol. The summed E-state index contributed by atoms with van der Waals surface area (Å²) in [6, 6.07) is 7.67. The topological polar surface area (TPSA) is 38.3 Å². The van der Waals surface area contributed by atoms with Gasteiger partial charge in [0, 0.05) is 10.6 Å². The molecule has 1 amide bonds. The lowest BCUT2D eigenvalue weighted by atomic mass is 10.1. The first kappa shape index (κ1) is 18.6. The summed E-state index contributed by atoms with van der Waals surface area (Å²) in [5.41, 5.74) is -1.18. The number of hydrogen-bond donors (Lipinski definition) is 1. The maximum absolute atomic E-state index is 13.0. The first-order chi connectivity index (χ1) is 11.2. The molecule has 0 fully saturated rings. The molecule has 3 nitrogen and oxygen atoms in total. The molecule has 0 aliphatic heterocycles. The van der Waals surface area contributed by atoms with Crippen LogP contribution in [-0.2, 0) is 6.18 Å². The molecular formula is C16H12BrClF3NO2. The van der Waals surface area contributed by atoms with E-state index in [-0.39, 0.29) is 16.3 Å². The van der Waals surface area contributed by atoms with E-state index in [0.29, 0.717) is 16.8 Å². The summed E-state index contributed by atoms with van der Waals surface area (Å²) in [5.74, 6) is -0.136. The Hall–Kier alpha value is -1.73. The molecular weight excluding hydrogens is 411 g/mol. The van der Waals surface area contributed by atoms with Gasteiger partial charge in [0.25, 0.3) is 5.91 Å². The van der Waals surface area contributed by atoms with E-state index >= 15 is 0 Å².